The first-order valence-corrected chi connectivity index (χ1v) is 5.68. The van der Waals surface area contributed by atoms with Gasteiger partial charge in [-0.05, 0) is 49.6 Å². The van der Waals surface area contributed by atoms with E-state index < -0.39 is 0 Å². The quantitative estimate of drug-likeness (QED) is 0.787. The van der Waals surface area contributed by atoms with Crippen LogP contribution in [-0.4, -0.2) is 0 Å². The maximum atomic E-state index is 6.00. The van der Waals surface area contributed by atoms with Gasteiger partial charge in [0, 0.05) is 0 Å². The first-order valence-electron chi connectivity index (χ1n) is 5.68. The highest BCUT2D eigenvalue weighted by atomic mass is 16.5. The number of anilines is 1. The summed E-state index contributed by atoms with van der Waals surface area (Å²) in [5, 5.41) is 0. The van der Waals surface area contributed by atoms with E-state index in [2.05, 4.69) is 6.07 Å². The predicted octanol–water partition coefficient (Wildman–Crippen LogP) is 3.99. The van der Waals surface area contributed by atoms with Crippen LogP contribution in [0.1, 0.15) is 16.7 Å². The third-order valence-electron chi connectivity index (χ3n) is 2.75. The zero-order valence-corrected chi connectivity index (χ0v) is 10.4. The summed E-state index contributed by atoms with van der Waals surface area (Å²) in [6.07, 6.45) is 0. The van der Waals surface area contributed by atoms with Gasteiger partial charge in [-0.3, -0.25) is 0 Å². The lowest BCUT2D eigenvalue weighted by molar-refractivity contribution is 0.477. The lowest BCUT2D eigenvalue weighted by atomic mass is 10.1. The average molecular weight is 227 g/mol. The first-order chi connectivity index (χ1) is 8.08. The maximum Gasteiger partial charge on any atom is 0.153 e. The van der Waals surface area contributed by atoms with Gasteiger partial charge < -0.3 is 10.5 Å². The average Bonchev–Trinajstić information content (AvgIpc) is 2.25. The van der Waals surface area contributed by atoms with E-state index in [0.717, 1.165) is 28.2 Å². The highest BCUT2D eigenvalue weighted by Gasteiger charge is 2.08. The Labute approximate surface area is 102 Å². The molecule has 0 aliphatic carbocycles. The number of aryl methyl sites for hydroxylation is 3. The molecule has 2 aromatic rings. The van der Waals surface area contributed by atoms with Crippen molar-refractivity contribution in [3.63, 3.8) is 0 Å². The molecular weight excluding hydrogens is 210 g/mol. The number of hydrogen-bond acceptors (Lipinski definition) is 2. The molecule has 0 bridgehead atoms. The van der Waals surface area contributed by atoms with E-state index >= 15 is 0 Å². The molecule has 2 N–H and O–H groups in total. The number of nitrogens with two attached hydrogens (primary N) is 1. The Morgan fingerprint density at radius 2 is 1.65 bits per heavy atom. The summed E-state index contributed by atoms with van der Waals surface area (Å²) in [7, 11) is 0. The summed E-state index contributed by atoms with van der Waals surface area (Å²) < 4.78 is 5.90. The van der Waals surface area contributed by atoms with Gasteiger partial charge in [-0.25, -0.2) is 0 Å². The molecule has 0 aromatic heterocycles. The van der Waals surface area contributed by atoms with Crippen LogP contribution in [0.15, 0.2) is 36.4 Å². The minimum Gasteiger partial charge on any atom is -0.455 e. The van der Waals surface area contributed by atoms with Gasteiger partial charge in [0.05, 0.1) is 5.69 Å². The van der Waals surface area contributed by atoms with Crippen molar-refractivity contribution in [2.45, 2.75) is 20.8 Å². The predicted molar refractivity (Wildman–Crippen MR) is 71.6 cm³/mol. The van der Waals surface area contributed by atoms with Gasteiger partial charge in [0.1, 0.15) is 5.75 Å². The number of nitrogen functional groups attached to an aromatic ring is 1. The van der Waals surface area contributed by atoms with Gasteiger partial charge in [-0.15, -0.1) is 0 Å². The number of hydrogen-bond donors (Lipinski definition) is 1. The smallest absolute Gasteiger partial charge is 0.153 e. The van der Waals surface area contributed by atoms with E-state index in [1.807, 2.05) is 51.1 Å². The Morgan fingerprint density at radius 1 is 0.941 bits per heavy atom. The highest BCUT2D eigenvalue weighted by molar-refractivity contribution is 5.60. The summed E-state index contributed by atoms with van der Waals surface area (Å²) in [6.45, 7) is 6.06. The first kappa shape index (κ1) is 11.5. The standard InChI is InChI=1S/C15H17NO/c1-10-8-12(3)15(13(16)9-10)17-14-7-5-4-6-11(14)2/h4-9H,16H2,1-3H3. The molecule has 0 saturated heterocycles. The van der Waals surface area contributed by atoms with Crippen molar-refractivity contribution in [1.82, 2.24) is 0 Å². The topological polar surface area (TPSA) is 35.2 Å². The van der Waals surface area contributed by atoms with E-state index in [-0.39, 0.29) is 0 Å². The van der Waals surface area contributed by atoms with Crippen LogP contribution < -0.4 is 10.5 Å². The van der Waals surface area contributed by atoms with E-state index in [9.17, 15) is 0 Å². The fraction of sp³-hybridized carbons (Fsp3) is 0.200. The third-order valence-corrected chi connectivity index (χ3v) is 2.75. The van der Waals surface area contributed by atoms with Crippen molar-refractivity contribution in [3.05, 3.63) is 53.1 Å². The number of benzene rings is 2. The molecule has 0 unspecified atom stereocenters. The summed E-state index contributed by atoms with van der Waals surface area (Å²) in [6, 6.07) is 11.9. The Balaban J connectivity index is 2.40. The van der Waals surface area contributed by atoms with Gasteiger partial charge in [-0.2, -0.15) is 0 Å². The molecule has 2 heteroatoms. The molecule has 0 heterocycles. The van der Waals surface area contributed by atoms with Crippen LogP contribution in [0, 0.1) is 20.8 Å². The monoisotopic (exact) mass is 227 g/mol. The summed E-state index contributed by atoms with van der Waals surface area (Å²) in [5.41, 5.74) is 10.00. The van der Waals surface area contributed by atoms with Gasteiger partial charge >= 0.3 is 0 Å². The van der Waals surface area contributed by atoms with Crippen LogP contribution in [0.5, 0.6) is 11.5 Å². The van der Waals surface area contributed by atoms with Crippen LogP contribution >= 0.6 is 0 Å². The summed E-state index contributed by atoms with van der Waals surface area (Å²) >= 11 is 0. The second-order valence-electron chi connectivity index (χ2n) is 4.37. The molecular formula is C15H17NO. The molecule has 2 aromatic carbocycles. The Kier molecular flexibility index (Phi) is 3.05. The molecule has 0 spiro atoms. The van der Waals surface area contributed by atoms with Crippen molar-refractivity contribution < 1.29 is 4.74 Å². The molecule has 0 fully saturated rings. The van der Waals surface area contributed by atoms with Crippen molar-refractivity contribution in [1.29, 1.82) is 0 Å². The minimum absolute atomic E-state index is 0.686. The van der Waals surface area contributed by atoms with Crippen molar-refractivity contribution in [2.75, 3.05) is 5.73 Å². The van der Waals surface area contributed by atoms with Crippen molar-refractivity contribution in [2.24, 2.45) is 0 Å². The molecule has 0 atom stereocenters. The fourth-order valence-corrected chi connectivity index (χ4v) is 1.91. The van der Waals surface area contributed by atoms with Crippen LogP contribution in [0.25, 0.3) is 0 Å². The normalized spacial score (nSPS) is 10.3. The minimum atomic E-state index is 0.686. The summed E-state index contributed by atoms with van der Waals surface area (Å²) in [5.74, 6) is 1.61. The molecule has 0 aliphatic heterocycles. The van der Waals surface area contributed by atoms with Crippen molar-refractivity contribution in [3.8, 4) is 11.5 Å². The molecule has 0 aliphatic rings. The maximum absolute atomic E-state index is 6.00. The van der Waals surface area contributed by atoms with E-state index in [1.165, 1.54) is 0 Å². The van der Waals surface area contributed by atoms with E-state index in [0.29, 0.717) is 5.69 Å². The Morgan fingerprint density at radius 3 is 2.29 bits per heavy atom. The summed E-state index contributed by atoms with van der Waals surface area (Å²) in [4.78, 5) is 0. The molecule has 2 nitrogen and oxygen atoms in total. The van der Waals surface area contributed by atoms with Crippen molar-refractivity contribution >= 4 is 5.69 Å². The van der Waals surface area contributed by atoms with Gasteiger partial charge in [0.15, 0.2) is 5.75 Å². The fourth-order valence-electron chi connectivity index (χ4n) is 1.91. The van der Waals surface area contributed by atoms with Crippen LogP contribution in [0.2, 0.25) is 0 Å². The van der Waals surface area contributed by atoms with Crippen LogP contribution in [0.4, 0.5) is 5.69 Å². The number of para-hydroxylation sites is 1. The number of rotatable bonds is 2. The van der Waals surface area contributed by atoms with Gasteiger partial charge in [0.2, 0.25) is 0 Å². The molecule has 17 heavy (non-hydrogen) atoms. The third kappa shape index (κ3) is 2.41. The Hall–Kier alpha value is -1.96. The number of ether oxygens (including phenoxy) is 1. The lowest BCUT2D eigenvalue weighted by Gasteiger charge is -2.13. The van der Waals surface area contributed by atoms with E-state index in [4.69, 9.17) is 10.5 Å². The van der Waals surface area contributed by atoms with Gasteiger partial charge in [-0.1, -0.05) is 24.3 Å². The SMILES string of the molecule is Cc1cc(C)c(Oc2ccccc2C)c(N)c1. The largest absolute Gasteiger partial charge is 0.455 e. The van der Waals surface area contributed by atoms with E-state index in [1.54, 1.807) is 0 Å². The molecule has 0 amide bonds. The Bertz CT molecular complexity index is 523. The van der Waals surface area contributed by atoms with Crippen LogP contribution in [-0.2, 0) is 0 Å². The second-order valence-corrected chi connectivity index (χ2v) is 4.37. The highest BCUT2D eigenvalue weighted by Crippen LogP contribution is 2.33. The zero-order chi connectivity index (χ0) is 12.4. The molecule has 0 saturated carbocycles. The molecule has 88 valence electrons. The van der Waals surface area contributed by atoms with Gasteiger partial charge in [0.25, 0.3) is 0 Å². The lowest BCUT2D eigenvalue weighted by Crippen LogP contribution is -1.96. The van der Waals surface area contributed by atoms with Crippen LogP contribution in [0.3, 0.4) is 0 Å². The zero-order valence-electron chi connectivity index (χ0n) is 10.4. The second kappa shape index (κ2) is 4.50. The molecule has 0 radical (unpaired) electrons. The molecule has 2 rings (SSSR count).